The van der Waals surface area contributed by atoms with Crippen LogP contribution in [0.2, 0.25) is 0 Å². The molecule has 4 N–H and O–H groups in total. The molecule has 0 fully saturated rings. The van der Waals surface area contributed by atoms with Crippen LogP contribution in [0.15, 0.2) is 12.3 Å². The molecule has 0 aromatic carbocycles. The molecule has 0 saturated heterocycles. The van der Waals surface area contributed by atoms with Gasteiger partial charge in [-0.05, 0) is 6.07 Å². The van der Waals surface area contributed by atoms with Gasteiger partial charge < -0.3 is 15.8 Å². The van der Waals surface area contributed by atoms with Crippen molar-refractivity contribution in [3.05, 3.63) is 12.3 Å². The van der Waals surface area contributed by atoms with E-state index in [9.17, 15) is 0 Å². The van der Waals surface area contributed by atoms with Crippen molar-refractivity contribution >= 4 is 18.7 Å². The maximum absolute atomic E-state index is 8.56. The summed E-state index contributed by atoms with van der Waals surface area (Å²) < 4.78 is 0. The number of rotatable bonds is 1. The van der Waals surface area contributed by atoms with Crippen molar-refractivity contribution in [1.29, 1.82) is 0 Å². The maximum Gasteiger partial charge on any atom is 0.508 e. The molecular formula is C4H6BN3O2. The predicted molar refractivity (Wildman–Crippen MR) is 36.3 cm³/mol. The predicted octanol–water partition coefficient (Wildman–Crippen LogP) is -2.26. The molecule has 5 nitrogen and oxygen atoms in total. The van der Waals surface area contributed by atoms with Gasteiger partial charge in [0.1, 0.15) is 0 Å². The highest BCUT2D eigenvalue weighted by Crippen LogP contribution is 1.83. The molecule has 1 aromatic rings. The van der Waals surface area contributed by atoms with Crippen molar-refractivity contribution in [3.8, 4) is 0 Å². The van der Waals surface area contributed by atoms with Gasteiger partial charge in [0, 0.05) is 6.20 Å². The standard InChI is InChI=1S/C4H6BN3O2/c6-4-7-2-1-3(8-4)5(9)10/h1-2,9-10H,(H2,6,7,8). The summed E-state index contributed by atoms with van der Waals surface area (Å²) in [5.74, 6) is 0.0330. The second-order valence-electron chi connectivity index (χ2n) is 1.71. The Kier molecular flexibility index (Phi) is 1.84. The fourth-order valence-corrected chi connectivity index (χ4v) is 0.532. The lowest BCUT2D eigenvalue weighted by molar-refractivity contribution is 0.424. The van der Waals surface area contributed by atoms with Crippen molar-refractivity contribution in [2.24, 2.45) is 0 Å². The summed E-state index contributed by atoms with van der Waals surface area (Å²) in [6.07, 6.45) is 1.36. The highest BCUT2D eigenvalue weighted by Gasteiger charge is 2.11. The van der Waals surface area contributed by atoms with E-state index in [1.807, 2.05) is 0 Å². The summed E-state index contributed by atoms with van der Waals surface area (Å²) in [6.45, 7) is 0. The van der Waals surface area contributed by atoms with E-state index in [1.54, 1.807) is 0 Å². The quantitative estimate of drug-likeness (QED) is 0.382. The third kappa shape index (κ3) is 1.43. The summed E-state index contributed by atoms with van der Waals surface area (Å²) in [6, 6.07) is 1.38. The number of hydrogen-bond acceptors (Lipinski definition) is 5. The Morgan fingerprint density at radius 1 is 1.50 bits per heavy atom. The van der Waals surface area contributed by atoms with Crippen molar-refractivity contribution in [2.45, 2.75) is 0 Å². The van der Waals surface area contributed by atoms with Gasteiger partial charge in [-0.25, -0.2) is 9.97 Å². The first-order chi connectivity index (χ1) is 4.70. The van der Waals surface area contributed by atoms with Gasteiger partial charge in [-0.3, -0.25) is 0 Å². The van der Waals surface area contributed by atoms with Gasteiger partial charge in [-0.1, -0.05) is 0 Å². The number of nitrogens with zero attached hydrogens (tertiary/aromatic N) is 2. The van der Waals surface area contributed by atoms with Crippen molar-refractivity contribution in [3.63, 3.8) is 0 Å². The summed E-state index contributed by atoms with van der Waals surface area (Å²) in [5.41, 5.74) is 5.26. The molecule has 1 rings (SSSR count). The van der Waals surface area contributed by atoms with Crippen LogP contribution in [-0.4, -0.2) is 27.1 Å². The zero-order valence-corrected chi connectivity index (χ0v) is 5.10. The number of aromatic nitrogens is 2. The molecule has 0 aliphatic carbocycles. The van der Waals surface area contributed by atoms with Crippen LogP contribution in [0, 0.1) is 0 Å². The van der Waals surface area contributed by atoms with Gasteiger partial charge >= 0.3 is 7.12 Å². The van der Waals surface area contributed by atoms with Crippen molar-refractivity contribution in [1.82, 2.24) is 9.97 Å². The van der Waals surface area contributed by atoms with Crippen LogP contribution in [0.5, 0.6) is 0 Å². The molecule has 6 heteroatoms. The lowest BCUT2D eigenvalue weighted by Gasteiger charge is -1.96. The molecule has 0 bridgehead atoms. The number of hydrogen-bond donors (Lipinski definition) is 3. The zero-order chi connectivity index (χ0) is 7.56. The lowest BCUT2D eigenvalue weighted by Crippen LogP contribution is -2.33. The van der Waals surface area contributed by atoms with Crippen molar-refractivity contribution < 1.29 is 10.0 Å². The van der Waals surface area contributed by atoms with Crippen LogP contribution >= 0.6 is 0 Å². The van der Waals surface area contributed by atoms with E-state index < -0.39 is 7.12 Å². The van der Waals surface area contributed by atoms with E-state index in [1.165, 1.54) is 12.3 Å². The van der Waals surface area contributed by atoms with Crippen LogP contribution < -0.4 is 11.3 Å². The Bertz CT molecular complexity index is 229. The highest BCUT2D eigenvalue weighted by molar-refractivity contribution is 6.57. The molecule has 10 heavy (non-hydrogen) atoms. The van der Waals surface area contributed by atoms with E-state index in [0.717, 1.165) is 0 Å². The van der Waals surface area contributed by atoms with E-state index >= 15 is 0 Å². The Morgan fingerprint density at radius 2 is 2.20 bits per heavy atom. The fraction of sp³-hybridized carbons (Fsp3) is 0. The minimum Gasteiger partial charge on any atom is -0.422 e. The van der Waals surface area contributed by atoms with E-state index in [0.29, 0.717) is 0 Å². The van der Waals surface area contributed by atoms with E-state index in [4.69, 9.17) is 15.8 Å². The second kappa shape index (κ2) is 2.63. The van der Waals surface area contributed by atoms with Crippen molar-refractivity contribution in [2.75, 3.05) is 5.73 Å². The molecule has 1 heterocycles. The smallest absolute Gasteiger partial charge is 0.422 e. The Balaban J connectivity index is 2.96. The molecule has 52 valence electrons. The molecule has 0 radical (unpaired) electrons. The lowest BCUT2D eigenvalue weighted by atomic mass is 9.86. The molecule has 0 spiro atoms. The summed E-state index contributed by atoms with van der Waals surface area (Å²) in [5, 5.41) is 17.1. The molecule has 0 aliphatic heterocycles. The Labute approximate surface area is 57.7 Å². The van der Waals surface area contributed by atoms with E-state index in [2.05, 4.69) is 9.97 Å². The number of nitrogens with two attached hydrogens (primary N) is 1. The average Bonchev–Trinajstić information content (AvgIpc) is 1.88. The van der Waals surface area contributed by atoms with Gasteiger partial charge in [0.05, 0.1) is 5.59 Å². The van der Waals surface area contributed by atoms with Gasteiger partial charge in [0.25, 0.3) is 0 Å². The monoisotopic (exact) mass is 139 g/mol. The van der Waals surface area contributed by atoms with Gasteiger partial charge in [-0.15, -0.1) is 0 Å². The van der Waals surface area contributed by atoms with Crippen LogP contribution in [0.25, 0.3) is 0 Å². The number of nitrogen functional groups attached to an aromatic ring is 1. The first-order valence-electron chi connectivity index (χ1n) is 2.64. The summed E-state index contributed by atoms with van der Waals surface area (Å²) in [7, 11) is -1.58. The van der Waals surface area contributed by atoms with Gasteiger partial charge in [-0.2, -0.15) is 0 Å². The fourth-order valence-electron chi connectivity index (χ4n) is 0.532. The maximum atomic E-state index is 8.56. The third-order valence-corrected chi connectivity index (χ3v) is 0.960. The molecular weight excluding hydrogens is 133 g/mol. The highest BCUT2D eigenvalue weighted by atomic mass is 16.4. The minimum atomic E-state index is -1.58. The largest absolute Gasteiger partial charge is 0.508 e. The minimum absolute atomic E-state index is 0.0330. The SMILES string of the molecule is Nc1nccc(B(O)O)n1. The zero-order valence-electron chi connectivity index (χ0n) is 5.10. The van der Waals surface area contributed by atoms with Crippen LogP contribution in [0.1, 0.15) is 0 Å². The third-order valence-electron chi connectivity index (χ3n) is 0.960. The van der Waals surface area contributed by atoms with Crippen LogP contribution in [0.4, 0.5) is 5.95 Å². The summed E-state index contributed by atoms with van der Waals surface area (Å²) in [4.78, 5) is 7.11. The summed E-state index contributed by atoms with van der Waals surface area (Å²) >= 11 is 0. The first-order valence-corrected chi connectivity index (χ1v) is 2.64. The Hall–Kier alpha value is -1.14. The molecule has 0 saturated carbocycles. The molecule has 0 atom stereocenters. The van der Waals surface area contributed by atoms with Gasteiger partial charge in [0.15, 0.2) is 0 Å². The molecule has 0 amide bonds. The topological polar surface area (TPSA) is 92.3 Å². The van der Waals surface area contributed by atoms with Crippen LogP contribution in [-0.2, 0) is 0 Å². The molecule has 1 aromatic heterocycles. The molecule has 0 aliphatic rings. The second-order valence-corrected chi connectivity index (χ2v) is 1.71. The Morgan fingerprint density at radius 3 is 2.60 bits per heavy atom. The van der Waals surface area contributed by atoms with E-state index in [-0.39, 0.29) is 11.5 Å². The average molecular weight is 139 g/mol. The van der Waals surface area contributed by atoms with Gasteiger partial charge in [0.2, 0.25) is 5.95 Å². The molecule has 0 unspecified atom stereocenters. The van der Waals surface area contributed by atoms with Crippen LogP contribution in [0.3, 0.4) is 0 Å². The normalized spacial score (nSPS) is 9.40. The number of anilines is 1. The first kappa shape index (κ1) is 6.98.